The number of unbranched alkanes of at least 4 members (excludes halogenated alkanes) is 1. The van der Waals surface area contributed by atoms with Crippen LogP contribution in [0.4, 0.5) is 0 Å². The molecule has 4 heterocycles. The molecule has 0 aliphatic carbocycles. The predicted octanol–water partition coefficient (Wildman–Crippen LogP) is -3.52. The summed E-state index contributed by atoms with van der Waals surface area (Å²) in [5.74, 6) is -12.9. The fourth-order valence-electron chi connectivity index (χ4n) is 11.9. The molecule has 1 aliphatic heterocycles. The second-order valence-electron chi connectivity index (χ2n) is 26.7. The van der Waals surface area contributed by atoms with Gasteiger partial charge in [0.1, 0.15) is 78.0 Å². The van der Waals surface area contributed by atoms with Crippen molar-refractivity contribution in [3.63, 3.8) is 0 Å². The number of aromatic amines is 3. The van der Waals surface area contributed by atoms with E-state index in [1.807, 2.05) is 18.2 Å². The first kappa shape index (κ1) is 84.9. The van der Waals surface area contributed by atoms with E-state index in [1.165, 1.54) is 94.0 Å². The number of hydrogen-bond donors (Lipinski definition) is 21. The van der Waals surface area contributed by atoms with E-state index in [2.05, 4.69) is 99.3 Å². The quantitative estimate of drug-likeness (QED) is 0.0165. The minimum Gasteiger partial charge on any atom is -0.508 e. The van der Waals surface area contributed by atoms with Crippen LogP contribution in [0, 0.1) is 5.92 Å². The Labute approximate surface area is 633 Å². The number of halogens is 1. The molecule has 0 spiro atoms. The molecule has 7 rings (SSSR count). The number of H-pyrrole nitrogens is 3. The molecular weight excluding hydrogens is 1490 g/mol. The first-order chi connectivity index (χ1) is 51.9. The van der Waals surface area contributed by atoms with Crippen LogP contribution in [0.5, 0.6) is 11.5 Å². The van der Waals surface area contributed by atoms with Gasteiger partial charge in [-0.2, -0.15) is 0 Å². The summed E-state index contributed by atoms with van der Waals surface area (Å²) in [6.07, 6.45) is 7.54. The van der Waals surface area contributed by atoms with Gasteiger partial charge in [0.15, 0.2) is 0 Å². The van der Waals surface area contributed by atoms with Crippen LogP contribution < -0.4 is 70.0 Å². The molecule has 1 fully saturated rings. The Morgan fingerprint density at radius 1 is 0.560 bits per heavy atom. The number of carboxylic acids is 1. The van der Waals surface area contributed by atoms with Gasteiger partial charge in [-0.05, 0) is 118 Å². The van der Waals surface area contributed by atoms with Crippen molar-refractivity contribution >= 4 is 104 Å². The van der Waals surface area contributed by atoms with E-state index in [-0.39, 0.29) is 75.2 Å². The Hall–Kier alpha value is -11.4. The molecule has 12 amide bonds. The molecule has 1 saturated heterocycles. The fraction of sp³-hybridized carbons (Fsp3) is 0.451. The highest BCUT2D eigenvalue weighted by molar-refractivity contribution is 9.10. The normalized spacial score (nSPS) is 15.7. The zero-order valence-electron chi connectivity index (χ0n) is 60.3. The summed E-state index contributed by atoms with van der Waals surface area (Å²) in [7, 11) is 0. The van der Waals surface area contributed by atoms with Crippen LogP contribution >= 0.6 is 15.9 Å². The molecule has 588 valence electrons. The van der Waals surface area contributed by atoms with Gasteiger partial charge in [0.05, 0.1) is 38.5 Å². The number of nitrogens with two attached hydrogens (primary N) is 2. The lowest BCUT2D eigenvalue weighted by Crippen LogP contribution is -2.61. The number of nitrogens with one attached hydrogen (secondary N) is 14. The smallest absolute Gasteiger partial charge is 0.326 e. The lowest BCUT2D eigenvalue weighted by Gasteiger charge is -2.30. The first-order valence-electron chi connectivity index (χ1n) is 35.2. The number of carboxylic acid groups (broad SMARTS) is 1. The van der Waals surface area contributed by atoms with Crippen molar-refractivity contribution in [2.24, 2.45) is 17.4 Å². The third-order valence-corrected chi connectivity index (χ3v) is 18.4. The van der Waals surface area contributed by atoms with Gasteiger partial charge < -0.3 is 115 Å². The van der Waals surface area contributed by atoms with Crippen LogP contribution in [0.3, 0.4) is 0 Å². The number of aromatic hydroxyl groups is 2. The van der Waals surface area contributed by atoms with Crippen LogP contribution in [0.2, 0.25) is 0 Å². The maximum Gasteiger partial charge on any atom is 0.326 e. The Kier molecular flexibility index (Phi) is 32.0. The average Bonchev–Trinajstić information content (AvgIpc) is 1.71. The van der Waals surface area contributed by atoms with Crippen LogP contribution in [0.1, 0.15) is 87.9 Å². The van der Waals surface area contributed by atoms with Gasteiger partial charge in [-0.3, -0.25) is 57.5 Å². The topological polar surface area (TPSA) is 584 Å². The van der Waals surface area contributed by atoms with Crippen LogP contribution in [-0.2, 0) is 94.4 Å². The Morgan fingerprint density at radius 3 is 1.55 bits per heavy atom. The standard InChI is InChI=1S/C71H94BrN19O18/c1-36(2)59(71(108)109)90-68(105)56(33-93)89-64(101)52(23-40-12-17-46(95)18-13-40)86-65(102)53(26-43-29-75-34-79-43)87-66(103)54(27-44-30-76-35-80-44)88-67(104)55(32-92)83-58(96)31-78-60(97)37(3)81-61(98)38(4)82-69(106)57-9-7-21-91(57)70(107)49(8-5-6-20-73)84-63(100)51(22-39-10-15-45(94)16-11-39)85-62(99)48(74)24-41-28-77-50-25-42(72)14-19-47(41)50/h10-19,25,28-30,34-38,48-49,51-57,59,77,92-95H,5-9,20-24,26-27,31-33,73-74H2,1-4H3,(H,75,79)(H,76,80)(H,78,97)(H,81,98)(H,82,106)(H,83,96)(H,84,100)(H,85,99)(H,86,102)(H,87,103)(H,88,104)(H,89,101)(H,90,105)(H,108,109)/t37-,38-,48-,49-,51-,52-,53-,54-,55-,56-,57-,59-/m0/s1. The van der Waals surface area contributed by atoms with Gasteiger partial charge in [-0.1, -0.05) is 60.1 Å². The minimum absolute atomic E-state index is 0.0317. The maximum absolute atomic E-state index is 14.6. The number of aromatic nitrogens is 5. The van der Waals surface area contributed by atoms with E-state index >= 15 is 0 Å². The minimum atomic E-state index is -1.78. The molecule has 0 unspecified atom stereocenters. The van der Waals surface area contributed by atoms with Crippen molar-refractivity contribution in [2.75, 3.05) is 32.8 Å². The van der Waals surface area contributed by atoms with E-state index in [4.69, 9.17) is 11.5 Å². The number of phenolic OH excluding ortho intramolecular Hbond substituents is 2. The molecule has 3 aromatic carbocycles. The summed E-state index contributed by atoms with van der Waals surface area (Å²) >= 11 is 3.45. The summed E-state index contributed by atoms with van der Waals surface area (Å²) in [6.45, 7) is 3.14. The number of likely N-dealkylation sites (tertiary alicyclic amines) is 1. The number of carbonyl (C=O) groups excluding carboxylic acids is 12. The van der Waals surface area contributed by atoms with Crippen molar-refractivity contribution in [3.8, 4) is 11.5 Å². The largest absolute Gasteiger partial charge is 0.508 e. The van der Waals surface area contributed by atoms with Gasteiger partial charge in [0.25, 0.3) is 0 Å². The molecule has 0 radical (unpaired) electrons. The lowest BCUT2D eigenvalue weighted by atomic mass is 10.0. The number of phenols is 2. The van der Waals surface area contributed by atoms with Gasteiger partial charge in [-0.15, -0.1) is 0 Å². The van der Waals surface area contributed by atoms with E-state index in [1.54, 1.807) is 18.3 Å². The molecule has 0 bridgehead atoms. The number of carbonyl (C=O) groups is 13. The number of aliphatic hydroxyl groups excluding tert-OH is 2. The second kappa shape index (κ2) is 41.1. The third kappa shape index (κ3) is 25.4. The Balaban J connectivity index is 0.939. The van der Waals surface area contributed by atoms with Crippen molar-refractivity contribution in [1.29, 1.82) is 0 Å². The molecule has 12 atom stereocenters. The van der Waals surface area contributed by atoms with Gasteiger partial charge in [0, 0.05) is 77.6 Å². The number of aliphatic carboxylic acids is 1. The van der Waals surface area contributed by atoms with Crippen molar-refractivity contribution < 1.29 is 87.9 Å². The van der Waals surface area contributed by atoms with Crippen molar-refractivity contribution in [3.05, 3.63) is 131 Å². The fourth-order valence-corrected chi connectivity index (χ4v) is 12.2. The van der Waals surface area contributed by atoms with Crippen LogP contribution in [0.25, 0.3) is 10.9 Å². The second-order valence-corrected chi connectivity index (χ2v) is 27.6. The Morgan fingerprint density at radius 2 is 1.05 bits per heavy atom. The molecule has 3 aromatic heterocycles. The summed E-state index contributed by atoms with van der Waals surface area (Å²) < 4.78 is 0.845. The molecule has 0 saturated carbocycles. The summed E-state index contributed by atoms with van der Waals surface area (Å²) in [6, 6.07) is 0.0286. The number of fused-ring (bicyclic) bond motifs is 1. The molecule has 37 nitrogen and oxygen atoms in total. The molecule has 23 N–H and O–H groups in total. The van der Waals surface area contributed by atoms with Crippen LogP contribution in [-0.4, -0.2) is 238 Å². The number of aliphatic hydroxyl groups is 2. The third-order valence-electron chi connectivity index (χ3n) is 18.0. The summed E-state index contributed by atoms with van der Waals surface area (Å²) in [4.78, 5) is 197. The highest BCUT2D eigenvalue weighted by Gasteiger charge is 2.41. The number of hydrogen-bond acceptors (Lipinski definition) is 21. The SMILES string of the molecule is CC(C)[C@H](NC(=O)[C@H](CO)NC(=O)[C@H](Cc1ccc(O)cc1)NC(=O)[C@H](Cc1cnc[nH]1)NC(=O)[C@H](Cc1cnc[nH]1)NC(=O)[C@H](CO)NC(=O)CNC(=O)[C@H](C)NC(=O)[C@H](C)NC(=O)[C@@H]1CCCN1C(=O)[C@H](CCCCN)NC(=O)[C@H](Cc1ccc(O)cc1)NC(=O)[C@@H](N)Cc1c[nH]c2cc(Br)ccc12)C(=O)O. The van der Waals surface area contributed by atoms with Crippen LogP contribution in [0.15, 0.2) is 102 Å². The van der Waals surface area contributed by atoms with Gasteiger partial charge in [0.2, 0.25) is 70.9 Å². The maximum atomic E-state index is 14.6. The van der Waals surface area contributed by atoms with Gasteiger partial charge in [-0.25, -0.2) is 14.8 Å². The zero-order valence-corrected chi connectivity index (χ0v) is 61.9. The lowest BCUT2D eigenvalue weighted by molar-refractivity contribution is -0.144. The molecule has 6 aromatic rings. The average molecular weight is 1580 g/mol. The predicted molar refractivity (Wildman–Crippen MR) is 394 cm³/mol. The van der Waals surface area contributed by atoms with E-state index < -0.39 is 175 Å². The van der Waals surface area contributed by atoms with E-state index in [0.717, 1.165) is 20.9 Å². The summed E-state index contributed by atoms with van der Waals surface area (Å²) in [5, 5.41) is 78.4. The van der Waals surface area contributed by atoms with Crippen molar-refractivity contribution in [2.45, 2.75) is 164 Å². The van der Waals surface area contributed by atoms with Gasteiger partial charge >= 0.3 is 5.97 Å². The zero-order chi connectivity index (χ0) is 79.6. The van der Waals surface area contributed by atoms with Crippen molar-refractivity contribution in [1.82, 2.24) is 88.3 Å². The molecule has 109 heavy (non-hydrogen) atoms. The molecule has 1 aliphatic rings. The number of benzene rings is 3. The number of imidazole rings is 2. The monoisotopic (exact) mass is 1580 g/mol. The number of rotatable bonds is 41. The number of nitrogens with zero attached hydrogens (tertiary/aromatic N) is 3. The summed E-state index contributed by atoms with van der Waals surface area (Å²) in [5.41, 5.74) is 15.4. The van der Waals surface area contributed by atoms with E-state index in [9.17, 15) is 87.9 Å². The highest BCUT2D eigenvalue weighted by Crippen LogP contribution is 2.25. The highest BCUT2D eigenvalue weighted by atomic mass is 79.9. The Bertz CT molecular complexity index is 4130. The number of amides is 12. The van der Waals surface area contributed by atoms with E-state index in [0.29, 0.717) is 36.1 Å². The molecule has 38 heteroatoms. The molecular formula is C71H94BrN19O18. The first-order valence-corrected chi connectivity index (χ1v) is 36.0.